The molecule has 0 atom stereocenters. The van der Waals surface area contributed by atoms with Crippen LogP contribution in [0.2, 0.25) is 0 Å². The van der Waals surface area contributed by atoms with E-state index in [1.807, 2.05) is 0 Å². The van der Waals surface area contributed by atoms with Crippen LogP contribution >= 0.6 is 0 Å². The minimum absolute atomic E-state index is 0.597. The Morgan fingerprint density at radius 3 is 2.20 bits per heavy atom. The van der Waals surface area contributed by atoms with Crippen LogP contribution < -0.4 is 5.90 Å². The molecule has 1 heterocycles. The van der Waals surface area contributed by atoms with E-state index in [1.165, 1.54) is 25.7 Å². The molecule has 0 aliphatic carbocycles. The van der Waals surface area contributed by atoms with Crippen LogP contribution in [0.25, 0.3) is 0 Å². The molecule has 1 rings (SSSR count). The summed E-state index contributed by atoms with van der Waals surface area (Å²) >= 11 is 0. The third kappa shape index (κ3) is 2.64. The fourth-order valence-corrected chi connectivity index (χ4v) is 1.37. The minimum atomic E-state index is 0.597. The lowest BCUT2D eigenvalue weighted by molar-refractivity contribution is 0.0300. The molecule has 0 aromatic heterocycles. The van der Waals surface area contributed by atoms with Gasteiger partial charge in [-0.05, 0) is 12.8 Å². The summed E-state index contributed by atoms with van der Waals surface area (Å²) in [4.78, 5) is 6.82. The van der Waals surface area contributed by atoms with Gasteiger partial charge in [0.15, 0.2) is 0 Å². The summed E-state index contributed by atoms with van der Waals surface area (Å²) in [7, 11) is 0. The number of rotatable bonds is 2. The lowest BCUT2D eigenvalue weighted by atomic mass is 10.2. The van der Waals surface area contributed by atoms with Crippen LogP contribution in [0.15, 0.2) is 0 Å². The van der Waals surface area contributed by atoms with Crippen LogP contribution in [0.1, 0.15) is 25.7 Å². The Labute approximate surface area is 62.1 Å². The van der Waals surface area contributed by atoms with E-state index in [0.29, 0.717) is 6.73 Å². The van der Waals surface area contributed by atoms with E-state index in [2.05, 4.69) is 9.74 Å². The highest BCUT2D eigenvalue weighted by atomic mass is 16.6. The molecule has 0 aromatic rings. The Kier molecular flexibility index (Phi) is 3.72. The topological polar surface area (TPSA) is 38.5 Å². The molecular formula is C7H16N2O. The van der Waals surface area contributed by atoms with Crippen molar-refractivity contribution in [2.45, 2.75) is 25.7 Å². The molecule has 1 aliphatic rings. The van der Waals surface area contributed by atoms with Crippen LogP contribution in [0, 0.1) is 0 Å². The maximum absolute atomic E-state index is 4.97. The van der Waals surface area contributed by atoms with Gasteiger partial charge in [0.25, 0.3) is 0 Å². The molecule has 60 valence electrons. The Bertz CT molecular complexity index is 79.7. The summed E-state index contributed by atoms with van der Waals surface area (Å²) in [6.07, 6.45) is 5.31. The van der Waals surface area contributed by atoms with Gasteiger partial charge in [-0.2, -0.15) is 0 Å². The summed E-state index contributed by atoms with van der Waals surface area (Å²) in [6.45, 7) is 2.90. The summed E-state index contributed by atoms with van der Waals surface area (Å²) in [5.41, 5.74) is 0. The summed E-state index contributed by atoms with van der Waals surface area (Å²) < 4.78 is 0. The molecule has 3 nitrogen and oxygen atoms in total. The quantitative estimate of drug-likeness (QED) is 0.580. The van der Waals surface area contributed by atoms with E-state index in [1.54, 1.807) is 0 Å². The second-order valence-corrected chi connectivity index (χ2v) is 2.83. The Balaban J connectivity index is 2.15. The van der Waals surface area contributed by atoms with Crippen molar-refractivity contribution in [3.8, 4) is 0 Å². The van der Waals surface area contributed by atoms with Crippen LogP contribution in [0.4, 0.5) is 0 Å². The molecule has 10 heavy (non-hydrogen) atoms. The average molecular weight is 144 g/mol. The molecule has 0 spiro atoms. The van der Waals surface area contributed by atoms with Crippen molar-refractivity contribution >= 4 is 0 Å². The summed E-state index contributed by atoms with van der Waals surface area (Å²) in [5, 5.41) is 0. The largest absolute Gasteiger partial charge is 0.289 e. The lowest BCUT2D eigenvalue weighted by Gasteiger charge is -2.16. The molecule has 0 radical (unpaired) electrons. The van der Waals surface area contributed by atoms with Crippen molar-refractivity contribution in [3.63, 3.8) is 0 Å². The van der Waals surface area contributed by atoms with Gasteiger partial charge in [0.1, 0.15) is 6.73 Å². The van der Waals surface area contributed by atoms with Gasteiger partial charge in [0.05, 0.1) is 0 Å². The van der Waals surface area contributed by atoms with Gasteiger partial charge in [-0.3, -0.25) is 9.74 Å². The normalized spacial score (nSPS) is 22.5. The molecule has 1 saturated heterocycles. The molecule has 0 saturated carbocycles. The molecule has 0 amide bonds. The van der Waals surface area contributed by atoms with Gasteiger partial charge in [-0.25, -0.2) is 5.90 Å². The van der Waals surface area contributed by atoms with E-state index >= 15 is 0 Å². The van der Waals surface area contributed by atoms with Crippen molar-refractivity contribution in [3.05, 3.63) is 0 Å². The first kappa shape index (κ1) is 7.98. The molecule has 2 N–H and O–H groups in total. The van der Waals surface area contributed by atoms with Gasteiger partial charge in [0.2, 0.25) is 0 Å². The third-order valence-electron chi connectivity index (χ3n) is 1.96. The maximum Gasteiger partial charge on any atom is 0.121 e. The fourth-order valence-electron chi connectivity index (χ4n) is 1.37. The van der Waals surface area contributed by atoms with Crippen LogP contribution in [0.3, 0.4) is 0 Å². The summed E-state index contributed by atoms with van der Waals surface area (Å²) in [6, 6.07) is 0. The summed E-state index contributed by atoms with van der Waals surface area (Å²) in [5.74, 6) is 4.97. The number of hydrogen-bond acceptors (Lipinski definition) is 3. The van der Waals surface area contributed by atoms with Crippen LogP contribution in [-0.2, 0) is 4.84 Å². The van der Waals surface area contributed by atoms with Crippen LogP contribution in [0.5, 0.6) is 0 Å². The van der Waals surface area contributed by atoms with E-state index in [-0.39, 0.29) is 0 Å². The van der Waals surface area contributed by atoms with Crippen molar-refractivity contribution in [1.82, 2.24) is 4.90 Å². The molecule has 3 heteroatoms. The lowest BCUT2D eigenvalue weighted by Crippen LogP contribution is -2.28. The van der Waals surface area contributed by atoms with E-state index in [0.717, 1.165) is 13.1 Å². The fraction of sp³-hybridized carbons (Fsp3) is 1.00. The van der Waals surface area contributed by atoms with Crippen molar-refractivity contribution in [1.29, 1.82) is 0 Å². The monoisotopic (exact) mass is 144 g/mol. The molecule has 1 fully saturated rings. The Morgan fingerprint density at radius 1 is 1.10 bits per heavy atom. The van der Waals surface area contributed by atoms with Crippen molar-refractivity contribution in [2.75, 3.05) is 19.8 Å². The van der Waals surface area contributed by atoms with Gasteiger partial charge >= 0.3 is 0 Å². The first-order chi connectivity index (χ1) is 4.93. The first-order valence-electron chi connectivity index (χ1n) is 3.97. The maximum atomic E-state index is 4.97. The predicted octanol–water partition coefficient (Wildman–Crippen LogP) is 0.710. The van der Waals surface area contributed by atoms with Gasteiger partial charge < -0.3 is 0 Å². The smallest absolute Gasteiger partial charge is 0.121 e. The predicted molar refractivity (Wildman–Crippen MR) is 40.2 cm³/mol. The van der Waals surface area contributed by atoms with Gasteiger partial charge in [0, 0.05) is 13.1 Å². The molecular weight excluding hydrogens is 128 g/mol. The first-order valence-corrected chi connectivity index (χ1v) is 3.97. The second kappa shape index (κ2) is 4.66. The molecule has 0 unspecified atom stereocenters. The highest BCUT2D eigenvalue weighted by Gasteiger charge is 2.07. The number of nitrogens with zero attached hydrogens (tertiary/aromatic N) is 1. The zero-order valence-corrected chi connectivity index (χ0v) is 6.38. The van der Waals surface area contributed by atoms with Gasteiger partial charge in [-0.1, -0.05) is 12.8 Å². The van der Waals surface area contributed by atoms with Crippen molar-refractivity contribution in [2.24, 2.45) is 5.90 Å². The van der Waals surface area contributed by atoms with E-state index in [4.69, 9.17) is 5.90 Å². The Hall–Kier alpha value is -0.120. The second-order valence-electron chi connectivity index (χ2n) is 2.83. The number of nitrogens with two attached hydrogens (primary N) is 1. The highest BCUT2D eigenvalue weighted by molar-refractivity contribution is 4.59. The number of hydrogen-bond donors (Lipinski definition) is 1. The zero-order valence-electron chi connectivity index (χ0n) is 6.38. The third-order valence-corrected chi connectivity index (χ3v) is 1.96. The average Bonchev–Trinajstić information content (AvgIpc) is 2.17. The minimum Gasteiger partial charge on any atom is -0.289 e. The SMILES string of the molecule is NOCN1CCCCCC1. The standard InChI is InChI=1S/C7H16N2O/c8-10-7-9-5-3-1-2-4-6-9/h1-8H2. The van der Waals surface area contributed by atoms with Crippen molar-refractivity contribution < 1.29 is 4.84 Å². The van der Waals surface area contributed by atoms with E-state index < -0.39 is 0 Å². The zero-order chi connectivity index (χ0) is 7.23. The molecule has 0 bridgehead atoms. The molecule has 1 aliphatic heterocycles. The van der Waals surface area contributed by atoms with Gasteiger partial charge in [-0.15, -0.1) is 0 Å². The molecule has 0 aromatic carbocycles. The van der Waals surface area contributed by atoms with E-state index in [9.17, 15) is 0 Å². The number of likely N-dealkylation sites (tertiary alicyclic amines) is 1. The van der Waals surface area contributed by atoms with Crippen LogP contribution in [-0.4, -0.2) is 24.7 Å². The Morgan fingerprint density at radius 2 is 1.70 bits per heavy atom. The highest BCUT2D eigenvalue weighted by Crippen LogP contribution is 2.08.